The summed E-state index contributed by atoms with van der Waals surface area (Å²) in [4.78, 5) is 13.1. The van der Waals surface area contributed by atoms with E-state index in [0.29, 0.717) is 13.0 Å². The van der Waals surface area contributed by atoms with E-state index in [4.69, 9.17) is 5.26 Å². The second-order valence-corrected chi connectivity index (χ2v) is 5.21. The molecular weight excluding hydrogens is 204 g/mol. The minimum atomic E-state index is -0.847. The van der Waals surface area contributed by atoms with E-state index in [0.717, 1.165) is 19.4 Å². The minimum Gasteiger partial charge on any atom is -0.480 e. The van der Waals surface area contributed by atoms with E-state index in [1.807, 2.05) is 11.8 Å². The molecule has 1 fully saturated rings. The van der Waals surface area contributed by atoms with Gasteiger partial charge in [0.15, 0.2) is 0 Å². The average molecular weight is 224 g/mol. The molecule has 4 nitrogen and oxygen atoms in total. The molecule has 0 aromatic carbocycles. The largest absolute Gasteiger partial charge is 0.480 e. The van der Waals surface area contributed by atoms with Crippen molar-refractivity contribution in [3.63, 3.8) is 0 Å². The number of nitrogens with zero attached hydrogens (tertiary/aromatic N) is 2. The zero-order valence-electron chi connectivity index (χ0n) is 10.3. The Morgan fingerprint density at radius 3 is 2.44 bits per heavy atom. The molecule has 1 saturated carbocycles. The second-order valence-electron chi connectivity index (χ2n) is 5.21. The number of aliphatic carboxylic acids is 1. The number of likely N-dealkylation sites (N-methyl/N-ethyl adjacent to an activating group) is 1. The van der Waals surface area contributed by atoms with Gasteiger partial charge in [0, 0.05) is 13.0 Å². The van der Waals surface area contributed by atoms with Crippen molar-refractivity contribution in [2.24, 2.45) is 5.41 Å². The summed E-state index contributed by atoms with van der Waals surface area (Å²) in [5, 5.41) is 17.9. The monoisotopic (exact) mass is 224 g/mol. The van der Waals surface area contributed by atoms with Crippen molar-refractivity contribution in [3.8, 4) is 6.07 Å². The van der Waals surface area contributed by atoms with Gasteiger partial charge >= 0.3 is 5.97 Å². The Labute approximate surface area is 96.9 Å². The highest BCUT2D eigenvalue weighted by Gasteiger charge is 2.47. The molecule has 0 atom stereocenters. The molecule has 0 radical (unpaired) electrons. The van der Waals surface area contributed by atoms with Crippen LogP contribution in [0.4, 0.5) is 0 Å². The van der Waals surface area contributed by atoms with E-state index in [-0.39, 0.29) is 5.41 Å². The molecule has 1 rings (SSSR count). The lowest BCUT2D eigenvalue weighted by Crippen LogP contribution is -2.52. The quantitative estimate of drug-likeness (QED) is 0.748. The van der Waals surface area contributed by atoms with Gasteiger partial charge in [0.1, 0.15) is 5.54 Å². The maximum absolute atomic E-state index is 11.2. The molecule has 1 N–H and O–H groups in total. The maximum atomic E-state index is 11.2. The topological polar surface area (TPSA) is 64.3 Å². The first-order chi connectivity index (χ1) is 7.38. The van der Waals surface area contributed by atoms with Gasteiger partial charge in [-0.05, 0) is 38.6 Å². The normalized spacial score (nSPS) is 18.2. The van der Waals surface area contributed by atoms with Crippen molar-refractivity contribution in [3.05, 3.63) is 0 Å². The van der Waals surface area contributed by atoms with Gasteiger partial charge < -0.3 is 5.11 Å². The number of nitriles is 1. The lowest BCUT2D eigenvalue weighted by molar-refractivity contribution is -0.149. The van der Waals surface area contributed by atoms with Crippen LogP contribution in [0.5, 0.6) is 0 Å². The molecule has 90 valence electrons. The van der Waals surface area contributed by atoms with E-state index in [1.54, 1.807) is 13.8 Å². The van der Waals surface area contributed by atoms with E-state index in [1.165, 1.54) is 0 Å². The first-order valence-corrected chi connectivity index (χ1v) is 5.73. The van der Waals surface area contributed by atoms with Gasteiger partial charge in [0.05, 0.1) is 6.07 Å². The smallest absolute Gasteiger partial charge is 0.323 e. The fourth-order valence-electron chi connectivity index (χ4n) is 1.98. The molecule has 0 unspecified atom stereocenters. The van der Waals surface area contributed by atoms with E-state index in [2.05, 4.69) is 6.07 Å². The summed E-state index contributed by atoms with van der Waals surface area (Å²) in [5.41, 5.74) is -0.780. The third kappa shape index (κ3) is 2.53. The summed E-state index contributed by atoms with van der Waals surface area (Å²) in [7, 11) is 0. The lowest BCUT2D eigenvalue weighted by atomic mass is 9.97. The molecule has 0 aromatic rings. The molecule has 1 aliphatic rings. The zero-order chi connectivity index (χ0) is 12.4. The molecule has 16 heavy (non-hydrogen) atoms. The molecule has 0 spiro atoms. The summed E-state index contributed by atoms with van der Waals surface area (Å²) in [6.07, 6.45) is 2.64. The summed E-state index contributed by atoms with van der Waals surface area (Å²) in [5.74, 6) is -0.804. The van der Waals surface area contributed by atoms with Crippen LogP contribution in [0.1, 0.15) is 40.0 Å². The fourth-order valence-corrected chi connectivity index (χ4v) is 1.98. The van der Waals surface area contributed by atoms with Crippen LogP contribution in [0.3, 0.4) is 0 Å². The van der Waals surface area contributed by atoms with Gasteiger partial charge in [-0.1, -0.05) is 6.92 Å². The lowest BCUT2D eigenvalue weighted by Gasteiger charge is -2.36. The number of carboxylic acids is 1. The van der Waals surface area contributed by atoms with Crippen LogP contribution in [-0.4, -0.2) is 34.6 Å². The van der Waals surface area contributed by atoms with Crippen molar-refractivity contribution in [2.45, 2.75) is 45.6 Å². The van der Waals surface area contributed by atoms with Gasteiger partial charge in [0.2, 0.25) is 0 Å². The van der Waals surface area contributed by atoms with Gasteiger partial charge in [-0.15, -0.1) is 0 Å². The van der Waals surface area contributed by atoms with Crippen LogP contribution in [0.25, 0.3) is 0 Å². The Balaban J connectivity index is 2.70. The summed E-state index contributed by atoms with van der Waals surface area (Å²) < 4.78 is 0. The van der Waals surface area contributed by atoms with Crippen LogP contribution in [0, 0.1) is 16.7 Å². The van der Waals surface area contributed by atoms with Gasteiger partial charge in [-0.25, -0.2) is 0 Å². The Hall–Kier alpha value is -1.08. The van der Waals surface area contributed by atoms with Crippen molar-refractivity contribution in [1.29, 1.82) is 5.26 Å². The van der Waals surface area contributed by atoms with Crippen molar-refractivity contribution in [2.75, 3.05) is 13.1 Å². The average Bonchev–Trinajstić information content (AvgIpc) is 2.95. The molecule has 0 amide bonds. The molecule has 0 saturated heterocycles. The van der Waals surface area contributed by atoms with Crippen molar-refractivity contribution in [1.82, 2.24) is 4.90 Å². The van der Waals surface area contributed by atoms with E-state index < -0.39 is 11.5 Å². The second kappa shape index (κ2) is 4.42. The first-order valence-electron chi connectivity index (χ1n) is 5.73. The predicted octanol–water partition coefficient (Wildman–Crippen LogP) is 1.87. The standard InChI is InChI=1S/C12H20N2O2/c1-4-14(11(2,3)10(15)16)9-12(5-6-12)7-8-13/h4-7,9H2,1-3H3,(H,15,16). The maximum Gasteiger partial charge on any atom is 0.323 e. The Morgan fingerprint density at radius 1 is 1.56 bits per heavy atom. The summed E-state index contributed by atoms with van der Waals surface area (Å²) in [6, 6.07) is 2.21. The van der Waals surface area contributed by atoms with E-state index in [9.17, 15) is 9.90 Å². The van der Waals surface area contributed by atoms with Crippen LogP contribution < -0.4 is 0 Å². The van der Waals surface area contributed by atoms with Crippen molar-refractivity contribution < 1.29 is 9.90 Å². The summed E-state index contributed by atoms with van der Waals surface area (Å²) >= 11 is 0. The zero-order valence-corrected chi connectivity index (χ0v) is 10.3. The highest BCUT2D eigenvalue weighted by molar-refractivity contribution is 5.77. The Bertz CT molecular complexity index is 313. The van der Waals surface area contributed by atoms with Gasteiger partial charge in [-0.3, -0.25) is 9.69 Å². The first kappa shape index (κ1) is 13.0. The SMILES string of the molecule is CCN(CC1(CC#N)CC1)C(C)(C)C(=O)O. The molecule has 0 heterocycles. The Morgan fingerprint density at radius 2 is 2.12 bits per heavy atom. The van der Waals surface area contributed by atoms with Crippen molar-refractivity contribution >= 4 is 5.97 Å². The van der Waals surface area contributed by atoms with Crippen LogP contribution in [0.15, 0.2) is 0 Å². The molecule has 0 bridgehead atoms. The number of carboxylic acid groups (broad SMARTS) is 1. The summed E-state index contributed by atoms with van der Waals surface area (Å²) in [6.45, 7) is 6.83. The molecule has 0 aliphatic heterocycles. The van der Waals surface area contributed by atoms with Gasteiger partial charge in [0.25, 0.3) is 0 Å². The number of hydrogen-bond donors (Lipinski definition) is 1. The number of hydrogen-bond acceptors (Lipinski definition) is 3. The third-order valence-electron chi connectivity index (χ3n) is 3.63. The number of rotatable bonds is 6. The molecule has 1 aliphatic carbocycles. The number of carbonyl (C=O) groups is 1. The minimum absolute atomic E-state index is 0.0669. The molecular formula is C12H20N2O2. The van der Waals surface area contributed by atoms with E-state index >= 15 is 0 Å². The molecule has 0 aromatic heterocycles. The third-order valence-corrected chi connectivity index (χ3v) is 3.63. The highest BCUT2D eigenvalue weighted by atomic mass is 16.4. The molecule has 4 heteroatoms. The predicted molar refractivity (Wildman–Crippen MR) is 60.9 cm³/mol. The van der Waals surface area contributed by atoms with Crippen LogP contribution in [-0.2, 0) is 4.79 Å². The fraction of sp³-hybridized carbons (Fsp3) is 0.833. The highest BCUT2D eigenvalue weighted by Crippen LogP contribution is 2.49. The van der Waals surface area contributed by atoms with Gasteiger partial charge in [-0.2, -0.15) is 5.26 Å². The van der Waals surface area contributed by atoms with Crippen LogP contribution in [0.2, 0.25) is 0 Å². The Kier molecular flexibility index (Phi) is 3.59. The van der Waals surface area contributed by atoms with Crippen LogP contribution >= 0.6 is 0 Å².